The average molecular weight is 222 g/mol. The third-order valence-corrected chi connectivity index (χ3v) is 3.30. The van der Waals surface area contributed by atoms with Gasteiger partial charge in [0.2, 0.25) is 5.91 Å². The second kappa shape index (κ2) is 4.59. The van der Waals surface area contributed by atoms with Crippen molar-refractivity contribution in [3.8, 4) is 0 Å². The van der Waals surface area contributed by atoms with Crippen LogP contribution in [0.3, 0.4) is 0 Å². The van der Waals surface area contributed by atoms with Crippen LogP contribution in [0.4, 0.5) is 0 Å². The number of thiophene rings is 1. The fraction of sp³-hybridized carbons (Fsp3) is 0.364. The molecule has 1 amide bonds. The molecule has 1 fully saturated rings. The highest BCUT2D eigenvalue weighted by atomic mass is 32.1. The molecular weight excluding hydrogens is 208 g/mol. The van der Waals surface area contributed by atoms with Gasteiger partial charge in [0, 0.05) is 23.0 Å². The van der Waals surface area contributed by atoms with Crippen molar-refractivity contribution >= 4 is 23.3 Å². The molecule has 3 nitrogen and oxygen atoms in total. The molecule has 1 heterocycles. The molecule has 0 bridgehead atoms. The lowest BCUT2D eigenvalue weighted by Crippen LogP contribution is -2.49. The van der Waals surface area contributed by atoms with Crippen molar-refractivity contribution < 1.29 is 4.79 Å². The van der Waals surface area contributed by atoms with E-state index in [1.165, 1.54) is 0 Å². The fourth-order valence-corrected chi connectivity index (χ4v) is 2.19. The van der Waals surface area contributed by atoms with E-state index in [0.717, 1.165) is 17.7 Å². The zero-order chi connectivity index (χ0) is 10.7. The minimum Gasteiger partial charge on any atom is -0.350 e. The van der Waals surface area contributed by atoms with Gasteiger partial charge in [0.15, 0.2) is 0 Å². The maximum absolute atomic E-state index is 11.4. The molecule has 0 radical (unpaired) electrons. The van der Waals surface area contributed by atoms with Crippen LogP contribution in [0, 0.1) is 0 Å². The van der Waals surface area contributed by atoms with Crippen molar-refractivity contribution in [3.05, 3.63) is 28.5 Å². The topological polar surface area (TPSA) is 55.1 Å². The van der Waals surface area contributed by atoms with Gasteiger partial charge in [-0.2, -0.15) is 0 Å². The van der Waals surface area contributed by atoms with E-state index in [9.17, 15) is 4.79 Å². The zero-order valence-electron chi connectivity index (χ0n) is 8.35. The van der Waals surface area contributed by atoms with Gasteiger partial charge in [-0.1, -0.05) is 6.07 Å². The minimum atomic E-state index is -0.0275. The van der Waals surface area contributed by atoms with Crippen molar-refractivity contribution in [1.82, 2.24) is 5.32 Å². The first-order valence-electron chi connectivity index (χ1n) is 5.01. The molecule has 3 N–H and O–H groups in total. The molecule has 2 rings (SSSR count). The van der Waals surface area contributed by atoms with Crippen LogP contribution in [0.1, 0.15) is 17.7 Å². The van der Waals surface area contributed by atoms with E-state index in [1.807, 2.05) is 23.6 Å². The SMILES string of the molecule is NC1CC(NC(=O)/C=C/c2cccs2)C1. The maximum Gasteiger partial charge on any atom is 0.244 e. The summed E-state index contributed by atoms with van der Waals surface area (Å²) < 4.78 is 0. The van der Waals surface area contributed by atoms with Gasteiger partial charge in [-0.25, -0.2) is 0 Å². The summed E-state index contributed by atoms with van der Waals surface area (Å²) in [5.41, 5.74) is 5.63. The number of carbonyl (C=O) groups is 1. The van der Waals surface area contributed by atoms with Gasteiger partial charge >= 0.3 is 0 Å². The van der Waals surface area contributed by atoms with Crippen LogP contribution in [-0.2, 0) is 4.79 Å². The number of amides is 1. The number of rotatable bonds is 3. The molecule has 1 aromatic heterocycles. The van der Waals surface area contributed by atoms with E-state index in [-0.39, 0.29) is 18.0 Å². The molecule has 80 valence electrons. The second-order valence-electron chi connectivity index (χ2n) is 3.79. The van der Waals surface area contributed by atoms with Gasteiger partial charge in [-0.15, -0.1) is 11.3 Å². The number of nitrogens with one attached hydrogen (secondary N) is 1. The molecule has 0 unspecified atom stereocenters. The smallest absolute Gasteiger partial charge is 0.244 e. The Balaban J connectivity index is 1.77. The highest BCUT2D eigenvalue weighted by Gasteiger charge is 2.26. The molecule has 4 heteroatoms. The van der Waals surface area contributed by atoms with E-state index in [2.05, 4.69) is 5.32 Å². The summed E-state index contributed by atoms with van der Waals surface area (Å²) in [7, 11) is 0. The quantitative estimate of drug-likeness (QED) is 0.759. The standard InChI is InChI=1S/C11H14N2OS/c12-8-6-9(7-8)13-11(14)4-3-10-2-1-5-15-10/h1-5,8-9H,6-7,12H2,(H,13,14)/b4-3+. The monoisotopic (exact) mass is 222 g/mol. The number of carbonyl (C=O) groups excluding carboxylic acids is 1. The molecule has 0 spiro atoms. The molecule has 1 aliphatic rings. The summed E-state index contributed by atoms with van der Waals surface area (Å²) in [5.74, 6) is -0.0275. The van der Waals surface area contributed by atoms with E-state index in [0.29, 0.717) is 0 Å². The predicted molar refractivity (Wildman–Crippen MR) is 62.5 cm³/mol. The van der Waals surface area contributed by atoms with Gasteiger partial charge in [0.25, 0.3) is 0 Å². The summed E-state index contributed by atoms with van der Waals surface area (Å²) in [6.07, 6.45) is 5.21. The summed E-state index contributed by atoms with van der Waals surface area (Å²) in [4.78, 5) is 12.5. The fourth-order valence-electron chi connectivity index (χ4n) is 1.57. The van der Waals surface area contributed by atoms with Crippen LogP contribution in [-0.4, -0.2) is 18.0 Å². The highest BCUT2D eigenvalue weighted by Crippen LogP contribution is 2.17. The molecule has 0 saturated heterocycles. The van der Waals surface area contributed by atoms with Crippen LogP contribution in [0.2, 0.25) is 0 Å². The van der Waals surface area contributed by atoms with E-state index in [4.69, 9.17) is 5.73 Å². The van der Waals surface area contributed by atoms with Crippen molar-refractivity contribution in [1.29, 1.82) is 0 Å². The van der Waals surface area contributed by atoms with E-state index in [1.54, 1.807) is 17.4 Å². The molecule has 1 aromatic rings. The number of hydrogen-bond acceptors (Lipinski definition) is 3. The minimum absolute atomic E-state index is 0.0275. The molecule has 0 aliphatic heterocycles. The summed E-state index contributed by atoms with van der Waals surface area (Å²) >= 11 is 1.62. The highest BCUT2D eigenvalue weighted by molar-refractivity contribution is 7.10. The molecule has 1 saturated carbocycles. The molecule has 0 atom stereocenters. The predicted octanol–water partition coefficient (Wildman–Crippen LogP) is 1.37. The van der Waals surface area contributed by atoms with Crippen molar-refractivity contribution in [3.63, 3.8) is 0 Å². The lowest BCUT2D eigenvalue weighted by molar-refractivity contribution is -0.117. The van der Waals surface area contributed by atoms with Crippen LogP contribution in [0.25, 0.3) is 6.08 Å². The Hall–Kier alpha value is -1.13. The summed E-state index contributed by atoms with van der Waals surface area (Å²) in [6, 6.07) is 4.50. The Morgan fingerprint density at radius 3 is 3.00 bits per heavy atom. The van der Waals surface area contributed by atoms with Crippen LogP contribution in [0.15, 0.2) is 23.6 Å². The van der Waals surface area contributed by atoms with Crippen LogP contribution in [0.5, 0.6) is 0 Å². The molecule has 1 aliphatic carbocycles. The number of hydrogen-bond donors (Lipinski definition) is 2. The Morgan fingerprint density at radius 1 is 1.60 bits per heavy atom. The maximum atomic E-state index is 11.4. The van der Waals surface area contributed by atoms with E-state index >= 15 is 0 Å². The molecule has 0 aromatic carbocycles. The lowest BCUT2D eigenvalue weighted by atomic mass is 9.88. The van der Waals surface area contributed by atoms with Crippen molar-refractivity contribution in [2.75, 3.05) is 0 Å². The Kier molecular flexibility index (Phi) is 3.18. The second-order valence-corrected chi connectivity index (χ2v) is 4.77. The third kappa shape index (κ3) is 2.91. The largest absolute Gasteiger partial charge is 0.350 e. The first-order valence-corrected chi connectivity index (χ1v) is 5.89. The van der Waals surface area contributed by atoms with Crippen LogP contribution >= 0.6 is 11.3 Å². The third-order valence-electron chi connectivity index (χ3n) is 2.46. The van der Waals surface area contributed by atoms with Crippen LogP contribution < -0.4 is 11.1 Å². The molecular formula is C11H14N2OS. The first kappa shape index (κ1) is 10.4. The Labute approximate surface area is 93.0 Å². The zero-order valence-corrected chi connectivity index (χ0v) is 9.17. The first-order chi connectivity index (χ1) is 7.24. The summed E-state index contributed by atoms with van der Waals surface area (Å²) in [6.45, 7) is 0. The van der Waals surface area contributed by atoms with Gasteiger partial charge < -0.3 is 11.1 Å². The van der Waals surface area contributed by atoms with Gasteiger partial charge in [0.1, 0.15) is 0 Å². The lowest BCUT2D eigenvalue weighted by Gasteiger charge is -2.32. The Bertz CT molecular complexity index is 353. The normalized spacial score (nSPS) is 25.1. The van der Waals surface area contributed by atoms with Gasteiger partial charge in [-0.05, 0) is 30.4 Å². The average Bonchev–Trinajstić information content (AvgIpc) is 2.65. The van der Waals surface area contributed by atoms with Crippen molar-refractivity contribution in [2.45, 2.75) is 24.9 Å². The van der Waals surface area contributed by atoms with Gasteiger partial charge in [0.05, 0.1) is 0 Å². The molecule has 15 heavy (non-hydrogen) atoms. The Morgan fingerprint density at radius 2 is 2.40 bits per heavy atom. The number of nitrogens with two attached hydrogens (primary N) is 1. The summed E-state index contributed by atoms with van der Waals surface area (Å²) in [5, 5.41) is 4.90. The van der Waals surface area contributed by atoms with Gasteiger partial charge in [-0.3, -0.25) is 4.79 Å². The van der Waals surface area contributed by atoms with E-state index < -0.39 is 0 Å². The van der Waals surface area contributed by atoms with Crippen molar-refractivity contribution in [2.24, 2.45) is 5.73 Å².